The molecule has 0 aromatic heterocycles. The minimum Gasteiger partial charge on any atom is -0.491 e. The number of alkyl halides is 1. The lowest BCUT2D eigenvalue weighted by Gasteiger charge is -2.22. The molecule has 0 spiro atoms. The monoisotopic (exact) mass is 452 g/mol. The maximum Gasteiger partial charge on any atom is 0.309 e. The molecule has 0 aliphatic rings. The van der Waals surface area contributed by atoms with Crippen molar-refractivity contribution in [2.75, 3.05) is 26.5 Å². The van der Waals surface area contributed by atoms with Crippen molar-refractivity contribution >= 4 is 28.6 Å². The van der Waals surface area contributed by atoms with Crippen LogP contribution in [0.2, 0.25) is 0 Å². The maximum absolute atomic E-state index is 12.1. The first kappa shape index (κ1) is 21.2. The normalized spacial score (nSPS) is 12.8. The quantitative estimate of drug-likeness (QED) is 0.321. The third kappa shape index (κ3) is 8.28. The van der Waals surface area contributed by atoms with Crippen molar-refractivity contribution in [3.8, 4) is 5.75 Å². The molecule has 1 atom stereocenters. The van der Waals surface area contributed by atoms with Gasteiger partial charge in [-0.3, -0.25) is 4.79 Å². The van der Waals surface area contributed by atoms with Gasteiger partial charge in [0.15, 0.2) is 0 Å². The van der Waals surface area contributed by atoms with E-state index in [0.717, 1.165) is 9.13 Å². The first-order valence-electron chi connectivity index (χ1n) is 8.00. The van der Waals surface area contributed by atoms with Gasteiger partial charge in [0.1, 0.15) is 24.6 Å². The van der Waals surface area contributed by atoms with E-state index in [1.54, 1.807) is 0 Å². The van der Waals surface area contributed by atoms with Crippen molar-refractivity contribution in [1.29, 1.82) is 0 Å². The Labute approximate surface area is 157 Å². The van der Waals surface area contributed by atoms with Gasteiger partial charge in [0.05, 0.1) is 19.1 Å². The predicted molar refractivity (Wildman–Crippen MR) is 100 cm³/mol. The largest absolute Gasteiger partial charge is 0.491 e. The van der Waals surface area contributed by atoms with E-state index in [0.29, 0.717) is 25.4 Å². The highest BCUT2D eigenvalue weighted by Crippen LogP contribution is 2.23. The molecule has 136 valence electrons. The van der Waals surface area contributed by atoms with Crippen molar-refractivity contribution in [3.05, 3.63) is 27.3 Å². The first-order valence-corrected chi connectivity index (χ1v) is 9.08. The zero-order valence-electron chi connectivity index (χ0n) is 14.7. The summed E-state index contributed by atoms with van der Waals surface area (Å²) in [6.07, 6.45) is 0.586. The Morgan fingerprint density at radius 1 is 1.25 bits per heavy atom. The number of ether oxygens (including phenoxy) is 3. The van der Waals surface area contributed by atoms with E-state index in [1.165, 1.54) is 0 Å². The highest BCUT2D eigenvalue weighted by atomic mass is 127. The molecule has 0 saturated heterocycles. The van der Waals surface area contributed by atoms with Gasteiger partial charge in [-0.25, -0.2) is 4.39 Å². The average Bonchev–Trinajstić information content (AvgIpc) is 2.48. The molecule has 4 nitrogen and oxygen atoms in total. The first-order chi connectivity index (χ1) is 11.2. The summed E-state index contributed by atoms with van der Waals surface area (Å²) in [5, 5.41) is 0. The molecule has 0 fully saturated rings. The van der Waals surface area contributed by atoms with Crippen LogP contribution in [-0.2, 0) is 20.7 Å². The molecule has 0 radical (unpaired) electrons. The van der Waals surface area contributed by atoms with Gasteiger partial charge < -0.3 is 14.2 Å². The average molecular weight is 452 g/mol. The maximum atomic E-state index is 12.1. The molecule has 0 heterocycles. The summed E-state index contributed by atoms with van der Waals surface area (Å²) >= 11 is 2.24. The SMILES string of the molecule is C[C@@H](Cc1cc(OCCOCCF)ccc1I)C(=O)OC(C)(C)C. The summed E-state index contributed by atoms with van der Waals surface area (Å²) in [6.45, 7) is 7.76. The zero-order chi connectivity index (χ0) is 18.2. The number of halogens is 2. The lowest BCUT2D eigenvalue weighted by molar-refractivity contribution is -0.159. The van der Waals surface area contributed by atoms with Gasteiger partial charge in [-0.15, -0.1) is 0 Å². The van der Waals surface area contributed by atoms with E-state index in [1.807, 2.05) is 45.9 Å². The molecular formula is C18H26FIO4. The van der Waals surface area contributed by atoms with Crippen molar-refractivity contribution in [3.63, 3.8) is 0 Å². The molecule has 6 heteroatoms. The third-order valence-corrected chi connectivity index (χ3v) is 4.12. The van der Waals surface area contributed by atoms with Gasteiger partial charge in [-0.05, 0) is 73.5 Å². The molecule has 0 saturated carbocycles. The van der Waals surface area contributed by atoms with Crippen molar-refractivity contribution in [2.24, 2.45) is 5.92 Å². The fraction of sp³-hybridized carbons (Fsp3) is 0.611. The molecule has 0 aliphatic carbocycles. The lowest BCUT2D eigenvalue weighted by Crippen LogP contribution is -2.28. The van der Waals surface area contributed by atoms with Gasteiger partial charge in [-0.2, -0.15) is 0 Å². The summed E-state index contributed by atoms with van der Waals surface area (Å²) in [7, 11) is 0. The van der Waals surface area contributed by atoms with Crippen molar-refractivity contribution in [1.82, 2.24) is 0 Å². The van der Waals surface area contributed by atoms with Crippen LogP contribution in [0, 0.1) is 9.49 Å². The molecule has 1 rings (SSSR count). The lowest BCUT2D eigenvalue weighted by atomic mass is 10.0. The van der Waals surface area contributed by atoms with E-state index in [4.69, 9.17) is 14.2 Å². The van der Waals surface area contributed by atoms with Crippen LogP contribution >= 0.6 is 22.6 Å². The molecule has 0 aliphatic heterocycles. The van der Waals surface area contributed by atoms with Crippen LogP contribution in [0.25, 0.3) is 0 Å². The summed E-state index contributed by atoms with van der Waals surface area (Å²) < 4.78 is 29.1. The summed E-state index contributed by atoms with van der Waals surface area (Å²) in [6, 6.07) is 5.76. The van der Waals surface area contributed by atoms with Crippen LogP contribution in [0.5, 0.6) is 5.75 Å². The Morgan fingerprint density at radius 3 is 2.58 bits per heavy atom. The minimum absolute atomic E-state index is 0.0920. The van der Waals surface area contributed by atoms with Crippen LogP contribution in [0.3, 0.4) is 0 Å². The molecule has 0 unspecified atom stereocenters. The molecule has 0 bridgehead atoms. The number of rotatable bonds is 9. The molecule has 0 N–H and O–H groups in total. The van der Waals surface area contributed by atoms with E-state index in [-0.39, 0.29) is 18.5 Å². The van der Waals surface area contributed by atoms with Gasteiger partial charge in [0, 0.05) is 3.57 Å². The number of carbonyl (C=O) groups excluding carboxylic acids is 1. The highest BCUT2D eigenvalue weighted by molar-refractivity contribution is 14.1. The van der Waals surface area contributed by atoms with Crippen LogP contribution in [-0.4, -0.2) is 38.1 Å². The predicted octanol–water partition coefficient (Wildman–Crippen LogP) is 4.18. The molecular weight excluding hydrogens is 426 g/mol. The Hall–Kier alpha value is -0.890. The van der Waals surface area contributed by atoms with Crippen LogP contribution in [0.4, 0.5) is 4.39 Å². The Bertz CT molecular complexity index is 528. The Morgan fingerprint density at radius 2 is 1.96 bits per heavy atom. The summed E-state index contributed by atoms with van der Waals surface area (Å²) in [5.74, 6) is 0.274. The zero-order valence-corrected chi connectivity index (χ0v) is 16.9. The molecule has 0 amide bonds. The number of benzene rings is 1. The fourth-order valence-corrected chi connectivity index (χ4v) is 2.54. The molecule has 1 aromatic rings. The van der Waals surface area contributed by atoms with Gasteiger partial charge in [-0.1, -0.05) is 6.92 Å². The highest BCUT2D eigenvalue weighted by Gasteiger charge is 2.22. The second kappa shape index (κ2) is 10.2. The molecule has 24 heavy (non-hydrogen) atoms. The third-order valence-electron chi connectivity index (χ3n) is 3.07. The number of hydrogen-bond acceptors (Lipinski definition) is 4. The minimum atomic E-state index is -0.490. The van der Waals surface area contributed by atoms with E-state index in [2.05, 4.69) is 22.6 Å². The number of esters is 1. The second-order valence-electron chi connectivity index (χ2n) is 6.54. The van der Waals surface area contributed by atoms with Crippen LogP contribution in [0.1, 0.15) is 33.3 Å². The van der Waals surface area contributed by atoms with Crippen LogP contribution < -0.4 is 4.74 Å². The van der Waals surface area contributed by atoms with Crippen molar-refractivity contribution in [2.45, 2.75) is 39.7 Å². The van der Waals surface area contributed by atoms with Gasteiger partial charge in [0.25, 0.3) is 0 Å². The summed E-state index contributed by atoms with van der Waals surface area (Å²) in [5.41, 5.74) is 0.555. The van der Waals surface area contributed by atoms with E-state index < -0.39 is 12.3 Å². The second-order valence-corrected chi connectivity index (χ2v) is 7.70. The Kier molecular flexibility index (Phi) is 8.97. The van der Waals surface area contributed by atoms with Crippen molar-refractivity contribution < 1.29 is 23.4 Å². The van der Waals surface area contributed by atoms with Crippen LogP contribution in [0.15, 0.2) is 18.2 Å². The topological polar surface area (TPSA) is 44.8 Å². The van der Waals surface area contributed by atoms with Gasteiger partial charge in [0.2, 0.25) is 0 Å². The molecule has 1 aromatic carbocycles. The van der Waals surface area contributed by atoms with E-state index >= 15 is 0 Å². The number of carbonyl (C=O) groups is 1. The smallest absolute Gasteiger partial charge is 0.309 e. The number of hydrogen-bond donors (Lipinski definition) is 0. The standard InChI is InChI=1S/C18H26FIO4/c1-13(17(21)24-18(2,3)4)11-14-12-15(5-6-16(14)20)23-10-9-22-8-7-19/h5-6,12-13H,7-11H2,1-4H3/t13-/m0/s1. The van der Waals surface area contributed by atoms with E-state index in [9.17, 15) is 9.18 Å². The Balaban J connectivity index is 2.60. The summed E-state index contributed by atoms with van der Waals surface area (Å²) in [4.78, 5) is 12.1. The van der Waals surface area contributed by atoms with Gasteiger partial charge >= 0.3 is 5.97 Å². The fourth-order valence-electron chi connectivity index (χ4n) is 1.99.